The van der Waals surface area contributed by atoms with Gasteiger partial charge in [-0.05, 0) is 30.2 Å². The largest absolute Gasteiger partial charge is 0.448 e. The highest BCUT2D eigenvalue weighted by atomic mass is 35.5. The molecule has 0 saturated carbocycles. The molecule has 0 radical (unpaired) electrons. The lowest BCUT2D eigenvalue weighted by Gasteiger charge is -2.07. The van der Waals surface area contributed by atoms with Gasteiger partial charge in [-0.15, -0.1) is 0 Å². The number of halogens is 1. The lowest BCUT2D eigenvalue weighted by atomic mass is 10.3. The van der Waals surface area contributed by atoms with Gasteiger partial charge in [0.25, 0.3) is 0 Å². The Morgan fingerprint density at radius 3 is 2.92 bits per heavy atom. The second-order valence-corrected chi connectivity index (χ2v) is 3.27. The van der Waals surface area contributed by atoms with Crippen molar-refractivity contribution in [2.24, 2.45) is 0 Å². The van der Waals surface area contributed by atoms with Crippen LogP contribution in [0.4, 0.5) is 0 Å². The first-order chi connectivity index (χ1) is 6.22. The maximum absolute atomic E-state index is 9.22. The van der Waals surface area contributed by atoms with Crippen LogP contribution in [-0.2, 0) is 6.54 Å². The number of aliphatic hydroxyl groups is 1. The van der Waals surface area contributed by atoms with Gasteiger partial charge in [-0.2, -0.15) is 0 Å². The Bertz CT molecular complexity index is 250. The molecule has 0 saturated heterocycles. The number of hydrogen-bond acceptors (Lipinski definition) is 3. The van der Waals surface area contributed by atoms with Crippen LogP contribution in [0.25, 0.3) is 0 Å². The van der Waals surface area contributed by atoms with E-state index in [1.807, 2.05) is 13.0 Å². The lowest BCUT2D eigenvalue weighted by Crippen LogP contribution is -2.25. The first-order valence-electron chi connectivity index (χ1n) is 4.35. The predicted octanol–water partition coefficient (Wildman–Crippen LogP) is 1.79. The van der Waals surface area contributed by atoms with E-state index in [1.165, 1.54) is 0 Å². The normalized spacial score (nSPS) is 13.2. The summed E-state index contributed by atoms with van der Waals surface area (Å²) in [7, 11) is 0. The van der Waals surface area contributed by atoms with E-state index >= 15 is 0 Å². The second-order valence-electron chi connectivity index (χ2n) is 2.90. The summed E-state index contributed by atoms with van der Waals surface area (Å²) in [5.41, 5.74) is 0. The Balaban J connectivity index is 2.20. The van der Waals surface area contributed by atoms with E-state index in [0.717, 1.165) is 12.2 Å². The van der Waals surface area contributed by atoms with Crippen LogP contribution in [0.5, 0.6) is 0 Å². The zero-order valence-electron chi connectivity index (χ0n) is 7.59. The first-order valence-corrected chi connectivity index (χ1v) is 4.73. The number of furan rings is 1. The van der Waals surface area contributed by atoms with Gasteiger partial charge in [-0.25, -0.2) is 0 Å². The van der Waals surface area contributed by atoms with E-state index in [4.69, 9.17) is 16.0 Å². The fourth-order valence-electron chi connectivity index (χ4n) is 0.953. The highest BCUT2D eigenvalue weighted by Gasteiger charge is 2.01. The average Bonchev–Trinajstić information content (AvgIpc) is 2.51. The molecule has 0 spiro atoms. The highest BCUT2D eigenvalue weighted by Crippen LogP contribution is 2.12. The van der Waals surface area contributed by atoms with Gasteiger partial charge in [0.05, 0.1) is 12.6 Å². The molecule has 0 aliphatic heterocycles. The number of rotatable bonds is 5. The molecule has 1 rings (SSSR count). The zero-order valence-corrected chi connectivity index (χ0v) is 8.34. The van der Waals surface area contributed by atoms with Gasteiger partial charge in [0.2, 0.25) is 0 Å². The molecule has 0 aliphatic rings. The molecule has 1 unspecified atom stereocenters. The van der Waals surface area contributed by atoms with Gasteiger partial charge in [0.1, 0.15) is 5.76 Å². The van der Waals surface area contributed by atoms with Crippen LogP contribution in [0.1, 0.15) is 19.1 Å². The SMILES string of the molecule is CCC(O)CNCc1ccc(Cl)o1. The van der Waals surface area contributed by atoms with Crippen LogP contribution in [-0.4, -0.2) is 17.8 Å². The molecule has 74 valence electrons. The fourth-order valence-corrected chi connectivity index (χ4v) is 1.12. The van der Waals surface area contributed by atoms with E-state index < -0.39 is 0 Å². The summed E-state index contributed by atoms with van der Waals surface area (Å²) in [6.45, 7) is 3.12. The molecule has 0 amide bonds. The summed E-state index contributed by atoms with van der Waals surface area (Å²) >= 11 is 5.59. The minimum Gasteiger partial charge on any atom is -0.448 e. The Morgan fingerprint density at radius 2 is 2.38 bits per heavy atom. The summed E-state index contributed by atoms with van der Waals surface area (Å²) in [5, 5.41) is 12.7. The first kappa shape index (κ1) is 10.6. The van der Waals surface area contributed by atoms with Gasteiger partial charge in [-0.1, -0.05) is 6.92 Å². The van der Waals surface area contributed by atoms with E-state index in [1.54, 1.807) is 6.07 Å². The Labute approximate surface area is 82.7 Å². The van der Waals surface area contributed by atoms with Gasteiger partial charge in [-0.3, -0.25) is 0 Å². The summed E-state index contributed by atoms with van der Waals surface area (Å²) in [6, 6.07) is 3.52. The molecule has 2 N–H and O–H groups in total. The summed E-state index contributed by atoms with van der Waals surface area (Å²) in [4.78, 5) is 0. The van der Waals surface area contributed by atoms with Crippen molar-refractivity contribution >= 4 is 11.6 Å². The topological polar surface area (TPSA) is 45.4 Å². The molecular weight excluding hydrogens is 190 g/mol. The van der Waals surface area contributed by atoms with Crippen molar-refractivity contribution in [1.82, 2.24) is 5.32 Å². The molecule has 1 aromatic heterocycles. The minimum atomic E-state index is -0.287. The van der Waals surface area contributed by atoms with Crippen LogP contribution >= 0.6 is 11.6 Å². The molecule has 1 aromatic rings. The van der Waals surface area contributed by atoms with Crippen LogP contribution in [0.3, 0.4) is 0 Å². The zero-order chi connectivity index (χ0) is 9.68. The lowest BCUT2D eigenvalue weighted by molar-refractivity contribution is 0.166. The highest BCUT2D eigenvalue weighted by molar-refractivity contribution is 6.28. The molecule has 0 aromatic carbocycles. The third kappa shape index (κ3) is 3.81. The predicted molar refractivity (Wildman–Crippen MR) is 51.7 cm³/mol. The molecule has 13 heavy (non-hydrogen) atoms. The number of aliphatic hydroxyl groups excluding tert-OH is 1. The van der Waals surface area contributed by atoms with Crippen molar-refractivity contribution in [3.05, 3.63) is 23.1 Å². The van der Waals surface area contributed by atoms with E-state index in [-0.39, 0.29) is 6.10 Å². The van der Waals surface area contributed by atoms with Crippen LogP contribution < -0.4 is 5.32 Å². The third-order valence-electron chi connectivity index (χ3n) is 1.78. The van der Waals surface area contributed by atoms with Gasteiger partial charge < -0.3 is 14.8 Å². The number of hydrogen-bond donors (Lipinski definition) is 2. The molecular formula is C9H14ClNO2. The monoisotopic (exact) mass is 203 g/mol. The van der Waals surface area contributed by atoms with E-state index in [9.17, 15) is 5.11 Å². The standard InChI is InChI=1S/C9H14ClNO2/c1-2-7(12)5-11-6-8-3-4-9(10)13-8/h3-4,7,11-12H,2,5-6H2,1H3. The summed E-state index contributed by atoms with van der Waals surface area (Å²) < 4.78 is 5.12. The number of nitrogens with one attached hydrogen (secondary N) is 1. The van der Waals surface area contributed by atoms with Gasteiger partial charge in [0.15, 0.2) is 5.22 Å². The molecule has 0 bridgehead atoms. The maximum Gasteiger partial charge on any atom is 0.193 e. The quantitative estimate of drug-likeness (QED) is 0.767. The Hall–Kier alpha value is -0.510. The summed E-state index contributed by atoms with van der Waals surface area (Å²) in [5.74, 6) is 0.785. The molecule has 0 aliphatic carbocycles. The molecule has 4 heteroatoms. The van der Waals surface area contributed by atoms with Crippen molar-refractivity contribution in [2.45, 2.75) is 26.0 Å². The van der Waals surface area contributed by atoms with Crippen molar-refractivity contribution < 1.29 is 9.52 Å². The van der Waals surface area contributed by atoms with Gasteiger partial charge >= 0.3 is 0 Å². The van der Waals surface area contributed by atoms with Crippen LogP contribution in [0, 0.1) is 0 Å². The second kappa shape index (κ2) is 5.27. The Kier molecular flexibility index (Phi) is 4.28. The van der Waals surface area contributed by atoms with E-state index in [2.05, 4.69) is 5.32 Å². The van der Waals surface area contributed by atoms with Crippen molar-refractivity contribution in [1.29, 1.82) is 0 Å². The molecule has 3 nitrogen and oxygen atoms in total. The third-order valence-corrected chi connectivity index (χ3v) is 1.98. The molecule has 1 atom stereocenters. The van der Waals surface area contributed by atoms with Crippen LogP contribution in [0.2, 0.25) is 5.22 Å². The van der Waals surface area contributed by atoms with E-state index in [0.29, 0.717) is 18.3 Å². The van der Waals surface area contributed by atoms with Gasteiger partial charge in [0, 0.05) is 6.54 Å². The van der Waals surface area contributed by atoms with Crippen molar-refractivity contribution in [2.75, 3.05) is 6.54 Å². The molecule has 0 fully saturated rings. The smallest absolute Gasteiger partial charge is 0.193 e. The Morgan fingerprint density at radius 1 is 1.62 bits per heavy atom. The fraction of sp³-hybridized carbons (Fsp3) is 0.556. The summed E-state index contributed by atoms with van der Waals surface area (Å²) in [6.07, 6.45) is 0.469. The average molecular weight is 204 g/mol. The van der Waals surface area contributed by atoms with Crippen molar-refractivity contribution in [3.8, 4) is 0 Å². The molecule has 1 heterocycles. The van der Waals surface area contributed by atoms with Crippen molar-refractivity contribution in [3.63, 3.8) is 0 Å². The maximum atomic E-state index is 9.22. The van der Waals surface area contributed by atoms with Crippen LogP contribution in [0.15, 0.2) is 16.5 Å². The minimum absolute atomic E-state index is 0.287.